The number of halogens is 2. The third-order valence-electron chi connectivity index (χ3n) is 10.0. The van der Waals surface area contributed by atoms with Gasteiger partial charge >= 0.3 is 6.01 Å². The summed E-state index contributed by atoms with van der Waals surface area (Å²) in [6, 6.07) is 7.51. The number of furan rings is 1. The van der Waals surface area contributed by atoms with E-state index in [0.29, 0.717) is 52.1 Å². The zero-order valence-corrected chi connectivity index (χ0v) is 24.8. The lowest BCUT2D eigenvalue weighted by atomic mass is 9.90. The quantitative estimate of drug-likeness (QED) is 0.253. The number of nitrogens with zero attached hydrogens (tertiary/aromatic N) is 5. The lowest BCUT2D eigenvalue weighted by Gasteiger charge is -2.48. The summed E-state index contributed by atoms with van der Waals surface area (Å²) in [6.45, 7) is 4.17. The predicted octanol–water partition coefficient (Wildman–Crippen LogP) is 5.58. The predicted molar refractivity (Wildman–Crippen MR) is 166 cm³/mol. The largest absolute Gasteiger partial charge is 0.472 e. The lowest BCUT2D eigenvalue weighted by Crippen LogP contribution is -2.67. The van der Waals surface area contributed by atoms with Crippen molar-refractivity contribution in [1.82, 2.24) is 25.2 Å². The van der Waals surface area contributed by atoms with Crippen LogP contribution in [0.15, 0.2) is 41.2 Å². The Kier molecular flexibility index (Phi) is 5.92. The summed E-state index contributed by atoms with van der Waals surface area (Å²) in [5.74, 6) is -0.340. The average Bonchev–Trinajstić information content (AvgIpc) is 3.81. The molecule has 5 fully saturated rings. The van der Waals surface area contributed by atoms with E-state index in [0.717, 1.165) is 69.6 Å². The van der Waals surface area contributed by atoms with Gasteiger partial charge in [0.05, 0.1) is 28.3 Å². The molecule has 5 saturated heterocycles. The summed E-state index contributed by atoms with van der Waals surface area (Å²) in [6.07, 6.45) is 8.72. The Hall–Kier alpha value is -3.87. The maximum atomic E-state index is 17.2. The van der Waals surface area contributed by atoms with Crippen LogP contribution < -0.4 is 20.7 Å². The van der Waals surface area contributed by atoms with Gasteiger partial charge in [-0.25, -0.2) is 13.8 Å². The van der Waals surface area contributed by atoms with E-state index in [1.54, 1.807) is 24.7 Å². The molecule has 5 aliphatic heterocycles. The minimum Gasteiger partial charge on any atom is -0.472 e. The number of nitrogen functional groups attached to an aromatic ring is 1. The van der Waals surface area contributed by atoms with Crippen molar-refractivity contribution in [1.29, 1.82) is 0 Å². The van der Waals surface area contributed by atoms with Crippen LogP contribution >= 0.6 is 11.3 Å². The maximum absolute atomic E-state index is 17.2. The number of fused-ring (bicyclic) bond motifs is 5. The minimum atomic E-state index is -0.548. The van der Waals surface area contributed by atoms with Crippen molar-refractivity contribution in [2.75, 3.05) is 43.4 Å². The molecule has 0 saturated carbocycles. The van der Waals surface area contributed by atoms with Gasteiger partial charge in [0, 0.05) is 47.2 Å². The van der Waals surface area contributed by atoms with Gasteiger partial charge in [-0.15, -0.1) is 0 Å². The lowest BCUT2D eigenvalue weighted by molar-refractivity contribution is 0.107. The highest BCUT2D eigenvalue weighted by molar-refractivity contribution is 7.22. The van der Waals surface area contributed by atoms with Crippen LogP contribution in [-0.4, -0.2) is 70.3 Å². The molecule has 0 radical (unpaired) electrons. The molecular formula is C32H31F2N7O2S. The second kappa shape index (κ2) is 9.82. The first-order valence-corrected chi connectivity index (χ1v) is 16.1. The Bertz CT molecular complexity index is 1900. The van der Waals surface area contributed by atoms with Crippen molar-refractivity contribution in [3.05, 3.63) is 48.4 Å². The number of ether oxygens (including phenoxy) is 1. The van der Waals surface area contributed by atoms with Crippen LogP contribution in [0.2, 0.25) is 0 Å². The van der Waals surface area contributed by atoms with Crippen LogP contribution in [0.25, 0.3) is 43.4 Å². The number of benzene rings is 2. The van der Waals surface area contributed by atoms with Gasteiger partial charge in [0.25, 0.3) is 0 Å². The molecule has 0 aliphatic carbocycles. The van der Waals surface area contributed by atoms with E-state index in [9.17, 15) is 4.39 Å². The summed E-state index contributed by atoms with van der Waals surface area (Å²) in [5.41, 5.74) is 8.41. The zero-order valence-electron chi connectivity index (χ0n) is 24.0. The summed E-state index contributed by atoms with van der Waals surface area (Å²) in [4.78, 5) is 18.8. The average molecular weight is 616 g/mol. The summed E-state index contributed by atoms with van der Waals surface area (Å²) >= 11 is 1.04. The molecule has 226 valence electrons. The molecule has 3 N–H and O–H groups in total. The molecule has 8 heterocycles. The summed E-state index contributed by atoms with van der Waals surface area (Å²) in [7, 11) is 0. The van der Waals surface area contributed by atoms with E-state index in [1.165, 1.54) is 6.07 Å². The molecule has 44 heavy (non-hydrogen) atoms. The Morgan fingerprint density at radius 2 is 1.84 bits per heavy atom. The Morgan fingerprint density at radius 3 is 2.59 bits per heavy atom. The van der Waals surface area contributed by atoms with Gasteiger partial charge in [-0.3, -0.25) is 4.90 Å². The second-order valence-electron chi connectivity index (χ2n) is 12.6. The first-order valence-electron chi connectivity index (χ1n) is 15.3. The first kappa shape index (κ1) is 26.5. The topological polar surface area (TPSA) is 106 Å². The van der Waals surface area contributed by atoms with Crippen LogP contribution in [0.3, 0.4) is 0 Å². The van der Waals surface area contributed by atoms with Crippen molar-refractivity contribution >= 4 is 43.4 Å². The highest BCUT2D eigenvalue weighted by atomic mass is 32.1. The summed E-state index contributed by atoms with van der Waals surface area (Å²) in [5, 5.41) is 4.37. The second-order valence-corrected chi connectivity index (χ2v) is 13.6. The van der Waals surface area contributed by atoms with Crippen LogP contribution in [0.5, 0.6) is 6.01 Å². The van der Waals surface area contributed by atoms with E-state index >= 15 is 4.39 Å². The van der Waals surface area contributed by atoms with Gasteiger partial charge in [-0.05, 0) is 75.0 Å². The smallest absolute Gasteiger partial charge is 0.319 e. The molecule has 2 unspecified atom stereocenters. The van der Waals surface area contributed by atoms with Crippen LogP contribution in [0, 0.1) is 11.6 Å². The fraction of sp³-hybridized carbons (Fsp3) is 0.406. The molecule has 2 bridgehead atoms. The molecule has 10 rings (SSSR count). The van der Waals surface area contributed by atoms with Gasteiger partial charge in [0.2, 0.25) is 0 Å². The molecule has 9 nitrogen and oxygen atoms in total. The van der Waals surface area contributed by atoms with Gasteiger partial charge in [-0.1, -0.05) is 11.3 Å². The maximum Gasteiger partial charge on any atom is 0.319 e. The fourth-order valence-electron chi connectivity index (χ4n) is 7.95. The molecule has 2 atom stereocenters. The number of hydrogen-bond donors (Lipinski definition) is 2. The number of thiazole rings is 1. The number of nitrogens with one attached hydrogen (secondary N) is 1. The standard InChI is InChI=1S/C32H31F2N7O2S/c33-23-4-3-20(27-28(23)44-30(35)37-27)24-21(17-5-10-42-15-17)12-22-26(25(24)34)38-31(39-29(22)40-13-18-11-19(14-40)36-18)43-16-32-6-1-8-41(32)9-2-7-32/h3-5,10,12,15,18-19,36H,1-2,6-9,11,13-14,16H2,(H2,35,37). The monoisotopic (exact) mass is 615 g/mol. The number of nitrogens with two attached hydrogens (primary N) is 1. The number of piperazine rings is 1. The van der Waals surface area contributed by atoms with Gasteiger partial charge in [-0.2, -0.15) is 9.97 Å². The number of rotatable bonds is 6. The van der Waals surface area contributed by atoms with Gasteiger partial charge in [0.15, 0.2) is 10.9 Å². The highest BCUT2D eigenvalue weighted by Crippen LogP contribution is 2.45. The molecular weight excluding hydrogens is 584 g/mol. The zero-order chi connectivity index (χ0) is 29.6. The third kappa shape index (κ3) is 4.04. The third-order valence-corrected chi connectivity index (χ3v) is 10.9. The molecule has 5 aliphatic rings. The van der Waals surface area contributed by atoms with Crippen molar-refractivity contribution in [3.63, 3.8) is 0 Å². The van der Waals surface area contributed by atoms with Gasteiger partial charge in [0.1, 0.15) is 23.8 Å². The molecule has 0 spiro atoms. The van der Waals surface area contributed by atoms with E-state index in [1.807, 2.05) is 6.07 Å². The fourth-order valence-corrected chi connectivity index (χ4v) is 8.71. The van der Waals surface area contributed by atoms with Crippen molar-refractivity contribution in [2.45, 2.75) is 49.7 Å². The summed E-state index contributed by atoms with van der Waals surface area (Å²) < 4.78 is 44.2. The first-order chi connectivity index (χ1) is 21.5. The highest BCUT2D eigenvalue weighted by Gasteiger charge is 2.45. The Balaban J connectivity index is 1.25. The van der Waals surface area contributed by atoms with E-state index in [4.69, 9.17) is 24.9 Å². The Morgan fingerprint density at radius 1 is 1.05 bits per heavy atom. The van der Waals surface area contributed by atoms with E-state index < -0.39 is 11.6 Å². The molecule has 12 heteroatoms. The van der Waals surface area contributed by atoms with Crippen LogP contribution in [-0.2, 0) is 0 Å². The van der Waals surface area contributed by atoms with E-state index in [-0.39, 0.29) is 32.5 Å². The number of piperidine rings is 1. The molecule has 2 aromatic carbocycles. The van der Waals surface area contributed by atoms with Crippen molar-refractivity contribution in [2.24, 2.45) is 0 Å². The SMILES string of the molecule is Nc1nc2c(-c3c(-c4ccoc4)cc4c(N5CC6CC(C5)N6)nc(OCC56CCCN5CCC6)nc4c3F)ccc(F)c2s1. The van der Waals surface area contributed by atoms with Crippen LogP contribution in [0.4, 0.5) is 19.7 Å². The normalized spacial score (nSPS) is 22.5. The van der Waals surface area contributed by atoms with E-state index in [2.05, 4.69) is 20.1 Å². The van der Waals surface area contributed by atoms with Crippen LogP contribution in [0.1, 0.15) is 32.1 Å². The molecule has 5 aromatic rings. The van der Waals surface area contributed by atoms with Crippen molar-refractivity contribution in [3.8, 4) is 28.3 Å². The Labute approximate surface area is 256 Å². The minimum absolute atomic E-state index is 0.00569. The van der Waals surface area contributed by atoms with Gasteiger partial charge < -0.3 is 25.1 Å². The molecule has 0 amide bonds. The number of anilines is 2. The molecule has 3 aromatic heterocycles. The van der Waals surface area contributed by atoms with Crippen molar-refractivity contribution < 1.29 is 17.9 Å². The number of aromatic nitrogens is 3. The number of hydrogen-bond acceptors (Lipinski definition) is 10.